The van der Waals surface area contributed by atoms with Gasteiger partial charge in [0, 0.05) is 12.1 Å². The molecule has 0 radical (unpaired) electrons. The Balaban J connectivity index is 1.91. The van der Waals surface area contributed by atoms with Crippen molar-refractivity contribution in [1.29, 1.82) is 0 Å². The fourth-order valence-electron chi connectivity index (χ4n) is 3.12. The number of hydrogen-bond donors (Lipinski definition) is 2. The van der Waals surface area contributed by atoms with Crippen molar-refractivity contribution in [3.63, 3.8) is 0 Å². The van der Waals surface area contributed by atoms with E-state index in [0.717, 1.165) is 19.5 Å². The number of benzene rings is 1. The second-order valence-electron chi connectivity index (χ2n) is 5.67. The first kappa shape index (κ1) is 14.3. The molecule has 0 aromatic heterocycles. The molecule has 1 aromatic carbocycles. The van der Waals surface area contributed by atoms with Gasteiger partial charge in [-0.15, -0.1) is 6.58 Å². The number of hydrogen-bond acceptors (Lipinski definition) is 2. The molecule has 0 atom stereocenters. The average Bonchev–Trinajstić information content (AvgIpc) is 2.49. The predicted molar refractivity (Wildman–Crippen MR) is 82.3 cm³/mol. The molecule has 0 amide bonds. The summed E-state index contributed by atoms with van der Waals surface area (Å²) in [6.07, 6.45) is 7.82. The molecule has 19 heavy (non-hydrogen) atoms. The average molecular weight is 258 g/mol. The largest absolute Gasteiger partial charge is 0.329 e. The molecule has 2 rings (SSSR count). The van der Waals surface area contributed by atoms with Gasteiger partial charge in [0.15, 0.2) is 0 Å². The van der Waals surface area contributed by atoms with Gasteiger partial charge in [0.25, 0.3) is 0 Å². The maximum atomic E-state index is 6.02. The minimum atomic E-state index is 0.161. The summed E-state index contributed by atoms with van der Waals surface area (Å²) in [4.78, 5) is 0. The van der Waals surface area contributed by atoms with E-state index in [1.54, 1.807) is 0 Å². The van der Waals surface area contributed by atoms with Gasteiger partial charge in [0.2, 0.25) is 0 Å². The van der Waals surface area contributed by atoms with Crippen LogP contribution in [0.25, 0.3) is 0 Å². The highest BCUT2D eigenvalue weighted by Crippen LogP contribution is 2.37. The van der Waals surface area contributed by atoms with Crippen LogP contribution >= 0.6 is 0 Å². The van der Waals surface area contributed by atoms with Crippen LogP contribution in [0.1, 0.15) is 43.6 Å². The van der Waals surface area contributed by atoms with Gasteiger partial charge < -0.3 is 11.1 Å². The molecule has 0 unspecified atom stereocenters. The van der Waals surface area contributed by atoms with E-state index in [9.17, 15) is 0 Å². The Labute approximate surface area is 117 Å². The van der Waals surface area contributed by atoms with Crippen molar-refractivity contribution in [3.05, 3.63) is 48.6 Å². The molecule has 1 aromatic rings. The third-order valence-electron chi connectivity index (χ3n) is 4.45. The van der Waals surface area contributed by atoms with E-state index in [0.29, 0.717) is 5.92 Å². The Morgan fingerprint density at radius 1 is 1.26 bits per heavy atom. The highest BCUT2D eigenvalue weighted by Gasteiger charge is 2.33. The van der Waals surface area contributed by atoms with Gasteiger partial charge in [0.1, 0.15) is 0 Å². The van der Waals surface area contributed by atoms with Crippen LogP contribution in [0.5, 0.6) is 0 Å². The molecule has 0 saturated heterocycles. The molecular weight excluding hydrogens is 232 g/mol. The quantitative estimate of drug-likeness (QED) is 0.607. The fraction of sp³-hybridized carbons (Fsp3) is 0.529. The summed E-state index contributed by atoms with van der Waals surface area (Å²) in [5.41, 5.74) is 7.66. The Morgan fingerprint density at radius 3 is 2.53 bits per heavy atom. The molecule has 1 aliphatic rings. The Kier molecular flexibility index (Phi) is 5.17. The van der Waals surface area contributed by atoms with E-state index >= 15 is 0 Å². The van der Waals surface area contributed by atoms with Crippen LogP contribution in [0.2, 0.25) is 0 Å². The third kappa shape index (κ3) is 3.68. The first-order valence-corrected chi connectivity index (χ1v) is 7.40. The molecule has 1 saturated carbocycles. The lowest BCUT2D eigenvalue weighted by atomic mass is 9.74. The fourth-order valence-corrected chi connectivity index (χ4v) is 3.12. The second kappa shape index (κ2) is 6.88. The molecule has 1 aliphatic carbocycles. The topological polar surface area (TPSA) is 38.0 Å². The molecule has 2 heteroatoms. The van der Waals surface area contributed by atoms with Gasteiger partial charge in [-0.3, -0.25) is 0 Å². The standard InChI is InChI=1S/C17H26N2/c1-2-3-13-19-17(14-18)11-9-16(10-12-17)15-7-5-4-6-8-15/h2,4-8,16,19H,1,3,9-14,18H2. The zero-order valence-electron chi connectivity index (χ0n) is 11.8. The van der Waals surface area contributed by atoms with Crippen LogP contribution in [0.15, 0.2) is 43.0 Å². The van der Waals surface area contributed by atoms with E-state index < -0.39 is 0 Å². The molecule has 0 aliphatic heterocycles. The summed E-state index contributed by atoms with van der Waals surface area (Å²) in [6.45, 7) is 5.51. The maximum absolute atomic E-state index is 6.02. The third-order valence-corrected chi connectivity index (χ3v) is 4.45. The van der Waals surface area contributed by atoms with Crippen molar-refractivity contribution < 1.29 is 0 Å². The van der Waals surface area contributed by atoms with Crippen molar-refractivity contribution in [3.8, 4) is 0 Å². The van der Waals surface area contributed by atoms with Gasteiger partial charge in [0.05, 0.1) is 0 Å². The van der Waals surface area contributed by atoms with Crippen LogP contribution in [-0.2, 0) is 0 Å². The molecule has 1 fully saturated rings. The van der Waals surface area contributed by atoms with Gasteiger partial charge in [-0.2, -0.15) is 0 Å². The van der Waals surface area contributed by atoms with Gasteiger partial charge >= 0.3 is 0 Å². The maximum Gasteiger partial charge on any atom is 0.0304 e. The van der Waals surface area contributed by atoms with Crippen molar-refractivity contribution >= 4 is 0 Å². The van der Waals surface area contributed by atoms with E-state index in [1.807, 2.05) is 6.08 Å². The highest BCUT2D eigenvalue weighted by molar-refractivity contribution is 5.20. The molecule has 2 nitrogen and oxygen atoms in total. The van der Waals surface area contributed by atoms with E-state index in [2.05, 4.69) is 42.2 Å². The van der Waals surface area contributed by atoms with E-state index in [4.69, 9.17) is 5.73 Å². The van der Waals surface area contributed by atoms with Gasteiger partial charge in [-0.25, -0.2) is 0 Å². The summed E-state index contributed by atoms with van der Waals surface area (Å²) >= 11 is 0. The lowest BCUT2D eigenvalue weighted by Crippen LogP contribution is -2.53. The molecule has 0 heterocycles. The summed E-state index contributed by atoms with van der Waals surface area (Å²) in [6, 6.07) is 10.9. The van der Waals surface area contributed by atoms with Crippen LogP contribution in [0.3, 0.4) is 0 Å². The monoisotopic (exact) mass is 258 g/mol. The number of nitrogens with one attached hydrogen (secondary N) is 1. The molecule has 0 bridgehead atoms. The zero-order valence-corrected chi connectivity index (χ0v) is 11.8. The summed E-state index contributed by atoms with van der Waals surface area (Å²) in [5, 5.41) is 3.66. The first-order chi connectivity index (χ1) is 9.29. The highest BCUT2D eigenvalue weighted by atomic mass is 15.0. The van der Waals surface area contributed by atoms with Gasteiger partial charge in [-0.05, 0) is 50.1 Å². The van der Waals surface area contributed by atoms with E-state index in [1.165, 1.54) is 31.2 Å². The Hall–Kier alpha value is -1.12. The lowest BCUT2D eigenvalue weighted by molar-refractivity contribution is 0.224. The minimum absolute atomic E-state index is 0.161. The summed E-state index contributed by atoms with van der Waals surface area (Å²) < 4.78 is 0. The van der Waals surface area contributed by atoms with Crippen LogP contribution in [0, 0.1) is 0 Å². The molecule has 3 N–H and O–H groups in total. The Morgan fingerprint density at radius 2 is 1.95 bits per heavy atom. The smallest absolute Gasteiger partial charge is 0.0304 e. The van der Waals surface area contributed by atoms with Crippen molar-refractivity contribution in [1.82, 2.24) is 5.32 Å². The van der Waals surface area contributed by atoms with Crippen molar-refractivity contribution in [2.24, 2.45) is 5.73 Å². The van der Waals surface area contributed by atoms with E-state index in [-0.39, 0.29) is 5.54 Å². The number of rotatable bonds is 6. The molecule has 104 valence electrons. The van der Waals surface area contributed by atoms with Crippen LogP contribution in [-0.4, -0.2) is 18.6 Å². The SMILES string of the molecule is C=CCCNC1(CN)CCC(c2ccccc2)CC1. The van der Waals surface area contributed by atoms with Crippen LogP contribution in [0.4, 0.5) is 0 Å². The molecular formula is C17H26N2. The Bertz CT molecular complexity index is 378. The lowest BCUT2D eigenvalue weighted by Gasteiger charge is -2.40. The molecule has 0 spiro atoms. The summed E-state index contributed by atoms with van der Waals surface area (Å²) in [7, 11) is 0. The summed E-state index contributed by atoms with van der Waals surface area (Å²) in [5.74, 6) is 0.710. The number of nitrogens with two attached hydrogens (primary N) is 1. The minimum Gasteiger partial charge on any atom is -0.329 e. The van der Waals surface area contributed by atoms with Gasteiger partial charge in [-0.1, -0.05) is 36.4 Å². The normalized spacial score (nSPS) is 27.1. The van der Waals surface area contributed by atoms with Crippen molar-refractivity contribution in [2.75, 3.05) is 13.1 Å². The second-order valence-corrected chi connectivity index (χ2v) is 5.67. The predicted octanol–water partition coefficient (Wildman–Crippen LogP) is 3.21. The van der Waals surface area contributed by atoms with Crippen LogP contribution < -0.4 is 11.1 Å². The zero-order chi connectivity index (χ0) is 13.6. The van der Waals surface area contributed by atoms with Crippen molar-refractivity contribution in [2.45, 2.75) is 43.6 Å². The first-order valence-electron chi connectivity index (χ1n) is 7.40.